The predicted octanol–water partition coefficient (Wildman–Crippen LogP) is 3.49. The number of hydrogen-bond acceptors (Lipinski definition) is 4. The van der Waals surface area contributed by atoms with Crippen molar-refractivity contribution in [2.75, 3.05) is 6.54 Å². The molecule has 2 aromatic heterocycles. The van der Waals surface area contributed by atoms with E-state index in [-0.39, 0.29) is 5.92 Å². The van der Waals surface area contributed by atoms with Gasteiger partial charge in [0.1, 0.15) is 0 Å². The van der Waals surface area contributed by atoms with Gasteiger partial charge in [0.15, 0.2) is 0 Å². The molecule has 0 spiro atoms. The molecule has 0 saturated heterocycles. The van der Waals surface area contributed by atoms with Gasteiger partial charge < -0.3 is 11.5 Å². The van der Waals surface area contributed by atoms with Crippen molar-refractivity contribution in [3.05, 3.63) is 63.1 Å². The maximum atomic E-state index is 12.1. The second kappa shape index (κ2) is 7.51. The second-order valence-corrected chi connectivity index (χ2v) is 7.55. The zero-order valence-electron chi connectivity index (χ0n) is 13.8. The molecule has 1 amide bonds. The van der Waals surface area contributed by atoms with Gasteiger partial charge in [-0.3, -0.25) is 9.48 Å². The van der Waals surface area contributed by atoms with Gasteiger partial charge in [0.2, 0.25) is 0 Å². The van der Waals surface area contributed by atoms with Crippen molar-refractivity contribution in [3.63, 3.8) is 0 Å². The lowest BCUT2D eigenvalue weighted by atomic mass is 9.88. The van der Waals surface area contributed by atoms with Gasteiger partial charge in [0.05, 0.1) is 15.4 Å². The van der Waals surface area contributed by atoms with E-state index >= 15 is 0 Å². The molecular weight excluding hydrogens is 400 g/mol. The number of aryl methyl sites for hydroxylation is 1. The lowest BCUT2D eigenvalue weighted by molar-refractivity contribution is 0.100. The van der Waals surface area contributed by atoms with Crippen molar-refractivity contribution < 1.29 is 4.79 Å². The molecule has 0 aliphatic rings. The van der Waals surface area contributed by atoms with Crippen molar-refractivity contribution >= 4 is 33.2 Å². The van der Waals surface area contributed by atoms with Crippen molar-refractivity contribution in [2.24, 2.45) is 18.5 Å². The van der Waals surface area contributed by atoms with E-state index in [2.05, 4.69) is 33.2 Å². The summed E-state index contributed by atoms with van der Waals surface area (Å²) in [6.45, 7) is 0.515. The largest absolute Gasteiger partial charge is 0.365 e. The molecule has 0 aliphatic heterocycles. The first-order chi connectivity index (χ1) is 12.0. The first-order valence-corrected chi connectivity index (χ1v) is 9.51. The van der Waals surface area contributed by atoms with Crippen LogP contribution >= 0.6 is 27.3 Å². The molecule has 0 fully saturated rings. The predicted molar refractivity (Wildman–Crippen MR) is 105 cm³/mol. The van der Waals surface area contributed by atoms with Gasteiger partial charge >= 0.3 is 0 Å². The molecule has 2 heterocycles. The highest BCUT2D eigenvalue weighted by atomic mass is 79.9. The van der Waals surface area contributed by atoms with Gasteiger partial charge in [-0.25, -0.2) is 0 Å². The molecule has 4 N–H and O–H groups in total. The Morgan fingerprint density at radius 1 is 1.32 bits per heavy atom. The van der Waals surface area contributed by atoms with Crippen molar-refractivity contribution in [2.45, 2.75) is 12.3 Å². The highest BCUT2D eigenvalue weighted by Gasteiger charge is 2.28. The summed E-state index contributed by atoms with van der Waals surface area (Å²) >= 11 is 5.11. The van der Waals surface area contributed by atoms with Crippen LogP contribution in [0.25, 0.3) is 10.6 Å². The third-order valence-corrected chi connectivity index (χ3v) is 6.50. The molecule has 3 aromatic rings. The van der Waals surface area contributed by atoms with E-state index in [9.17, 15) is 4.79 Å². The molecule has 0 aliphatic carbocycles. The number of thiophene rings is 1. The van der Waals surface area contributed by atoms with Gasteiger partial charge in [0.25, 0.3) is 5.91 Å². The van der Waals surface area contributed by atoms with Crippen LogP contribution in [0.2, 0.25) is 0 Å². The molecule has 3 rings (SSSR count). The Bertz CT molecular complexity index is 888. The molecule has 130 valence electrons. The monoisotopic (exact) mass is 418 g/mol. The van der Waals surface area contributed by atoms with Gasteiger partial charge in [-0.2, -0.15) is 5.10 Å². The fourth-order valence-corrected chi connectivity index (χ4v) is 5.22. The minimum Gasteiger partial charge on any atom is -0.365 e. The Balaban J connectivity index is 2.21. The van der Waals surface area contributed by atoms with Gasteiger partial charge in [0, 0.05) is 23.6 Å². The van der Waals surface area contributed by atoms with Crippen LogP contribution in [0.4, 0.5) is 0 Å². The van der Waals surface area contributed by atoms with E-state index in [1.165, 1.54) is 11.3 Å². The third-order valence-electron chi connectivity index (χ3n) is 4.17. The summed E-state index contributed by atoms with van der Waals surface area (Å²) < 4.78 is 2.67. The summed E-state index contributed by atoms with van der Waals surface area (Å²) in [4.78, 5) is 13.6. The van der Waals surface area contributed by atoms with Gasteiger partial charge in [-0.1, -0.05) is 30.3 Å². The minimum absolute atomic E-state index is 0.00121. The number of primary amides is 1. The lowest BCUT2D eigenvalue weighted by Crippen LogP contribution is -2.15. The van der Waals surface area contributed by atoms with Crippen LogP contribution in [0, 0.1) is 0 Å². The maximum Gasteiger partial charge on any atom is 0.259 e. The number of aromatic nitrogens is 2. The van der Waals surface area contributed by atoms with E-state index in [0.29, 0.717) is 11.4 Å². The molecule has 0 bridgehead atoms. The zero-order valence-corrected chi connectivity index (χ0v) is 16.2. The first kappa shape index (κ1) is 17.8. The standard InChI is InChI=1S/C18H19BrN4OS/c1-23-13(8-10-22-23)16-15(19)14(17(25-16)18(21)24)12(7-9-20)11-5-3-2-4-6-11/h2-6,8,10,12H,7,9,20H2,1H3,(H2,21,24). The number of nitrogens with zero attached hydrogens (tertiary/aromatic N) is 2. The van der Waals surface area contributed by atoms with Gasteiger partial charge in [-0.05, 0) is 46.1 Å². The number of carbonyl (C=O) groups is 1. The van der Waals surface area contributed by atoms with Crippen molar-refractivity contribution in [3.8, 4) is 10.6 Å². The Morgan fingerprint density at radius 3 is 2.60 bits per heavy atom. The van der Waals surface area contributed by atoms with E-state index in [4.69, 9.17) is 11.5 Å². The maximum absolute atomic E-state index is 12.1. The molecule has 1 aromatic carbocycles. The quantitative estimate of drug-likeness (QED) is 0.641. The third kappa shape index (κ3) is 3.40. The molecule has 1 atom stereocenters. The van der Waals surface area contributed by atoms with E-state index in [1.807, 2.05) is 31.3 Å². The summed E-state index contributed by atoms with van der Waals surface area (Å²) in [5.41, 5.74) is 14.5. The smallest absolute Gasteiger partial charge is 0.259 e. The highest BCUT2D eigenvalue weighted by molar-refractivity contribution is 9.10. The zero-order chi connectivity index (χ0) is 18.0. The Labute approximate surface area is 158 Å². The Hall–Kier alpha value is -1.96. The number of amides is 1. The molecule has 1 unspecified atom stereocenters. The topological polar surface area (TPSA) is 86.9 Å². The van der Waals surface area contributed by atoms with Crippen molar-refractivity contribution in [1.29, 1.82) is 0 Å². The van der Waals surface area contributed by atoms with Crippen LogP contribution in [-0.4, -0.2) is 22.2 Å². The van der Waals surface area contributed by atoms with Crippen LogP contribution in [0.1, 0.15) is 33.1 Å². The average molecular weight is 419 g/mol. The van der Waals surface area contributed by atoms with Crippen LogP contribution in [0.3, 0.4) is 0 Å². The summed E-state index contributed by atoms with van der Waals surface area (Å²) in [6.07, 6.45) is 2.46. The number of hydrogen-bond donors (Lipinski definition) is 2. The summed E-state index contributed by atoms with van der Waals surface area (Å²) in [6, 6.07) is 12.0. The SMILES string of the molecule is Cn1nccc1-c1sc(C(N)=O)c(C(CCN)c2ccccc2)c1Br. The normalized spacial score (nSPS) is 12.3. The summed E-state index contributed by atoms with van der Waals surface area (Å²) in [7, 11) is 1.87. The number of rotatable bonds is 6. The average Bonchev–Trinajstić information content (AvgIpc) is 3.17. The number of halogens is 1. The molecule has 0 radical (unpaired) electrons. The van der Waals surface area contributed by atoms with Crippen molar-refractivity contribution in [1.82, 2.24) is 9.78 Å². The Morgan fingerprint density at radius 2 is 2.04 bits per heavy atom. The van der Waals surface area contributed by atoms with Crippen LogP contribution in [0.15, 0.2) is 47.1 Å². The highest BCUT2D eigenvalue weighted by Crippen LogP contribution is 2.46. The van der Waals surface area contributed by atoms with Crippen LogP contribution < -0.4 is 11.5 Å². The molecule has 7 heteroatoms. The minimum atomic E-state index is -0.424. The van der Waals surface area contributed by atoms with E-state index in [0.717, 1.165) is 32.6 Å². The second-order valence-electron chi connectivity index (χ2n) is 5.73. The molecule has 0 saturated carbocycles. The lowest BCUT2D eigenvalue weighted by Gasteiger charge is -2.18. The fraction of sp³-hybridized carbons (Fsp3) is 0.222. The molecule has 25 heavy (non-hydrogen) atoms. The van der Waals surface area contributed by atoms with E-state index in [1.54, 1.807) is 10.9 Å². The summed E-state index contributed by atoms with van der Waals surface area (Å²) in [5, 5.41) is 4.22. The van der Waals surface area contributed by atoms with Crippen LogP contribution in [-0.2, 0) is 7.05 Å². The number of carbonyl (C=O) groups excluding carboxylic acids is 1. The first-order valence-electron chi connectivity index (χ1n) is 7.90. The molecule has 5 nitrogen and oxygen atoms in total. The fourth-order valence-electron chi connectivity index (χ4n) is 3.01. The van der Waals surface area contributed by atoms with Crippen LogP contribution in [0.5, 0.6) is 0 Å². The number of benzene rings is 1. The van der Waals surface area contributed by atoms with Gasteiger partial charge in [-0.15, -0.1) is 11.3 Å². The summed E-state index contributed by atoms with van der Waals surface area (Å²) in [5.74, 6) is -0.423. The Kier molecular flexibility index (Phi) is 5.36. The van der Waals surface area contributed by atoms with E-state index < -0.39 is 5.91 Å². The molecular formula is C18H19BrN4OS. The number of nitrogens with two attached hydrogens (primary N) is 2.